The van der Waals surface area contributed by atoms with Crippen LogP contribution < -0.4 is 15.4 Å². The van der Waals surface area contributed by atoms with Crippen molar-refractivity contribution in [3.63, 3.8) is 0 Å². The fourth-order valence-electron chi connectivity index (χ4n) is 2.95. The van der Waals surface area contributed by atoms with Gasteiger partial charge in [0.2, 0.25) is 10.0 Å². The zero-order chi connectivity index (χ0) is 23.4. The number of thiophene rings is 1. The molecule has 0 aliphatic rings. The van der Waals surface area contributed by atoms with Crippen LogP contribution in [-0.2, 0) is 16.6 Å². The lowest BCUT2D eigenvalue weighted by Gasteiger charge is -2.21. The maximum Gasteiger partial charge on any atom is 0.265 e. The van der Waals surface area contributed by atoms with Crippen molar-refractivity contribution in [1.82, 2.24) is 10.0 Å². The molecule has 0 atom stereocenters. The molecule has 32 heavy (non-hydrogen) atoms. The molecule has 2 aromatic carbocycles. The van der Waals surface area contributed by atoms with Gasteiger partial charge < -0.3 is 10.6 Å². The van der Waals surface area contributed by atoms with Gasteiger partial charge in [0.05, 0.1) is 9.77 Å². The summed E-state index contributed by atoms with van der Waals surface area (Å²) in [6.45, 7) is 5.35. The number of hydrogen-bond acceptors (Lipinski definition) is 5. The Morgan fingerprint density at radius 1 is 0.906 bits per heavy atom. The molecule has 3 aromatic rings. The molecular weight excluding hydrogens is 446 g/mol. The van der Waals surface area contributed by atoms with Crippen molar-refractivity contribution in [2.45, 2.75) is 37.8 Å². The Balaban J connectivity index is 1.66. The van der Waals surface area contributed by atoms with Gasteiger partial charge in [0.15, 0.2) is 0 Å². The minimum Gasteiger partial charge on any atom is -0.348 e. The monoisotopic (exact) mass is 471 g/mol. The summed E-state index contributed by atoms with van der Waals surface area (Å²) < 4.78 is 28.1. The van der Waals surface area contributed by atoms with E-state index in [2.05, 4.69) is 15.4 Å². The Bertz CT molecular complexity index is 1200. The molecule has 0 bridgehead atoms. The summed E-state index contributed by atoms with van der Waals surface area (Å²) >= 11 is 1.34. The molecule has 0 aliphatic heterocycles. The van der Waals surface area contributed by atoms with Gasteiger partial charge >= 0.3 is 0 Å². The first-order valence-corrected chi connectivity index (χ1v) is 12.3. The highest BCUT2D eigenvalue weighted by atomic mass is 32.2. The summed E-state index contributed by atoms with van der Waals surface area (Å²) in [7, 11) is -3.74. The molecule has 0 saturated heterocycles. The molecule has 9 heteroatoms. The Hall–Kier alpha value is -3.01. The highest BCUT2D eigenvalue weighted by molar-refractivity contribution is 7.89. The van der Waals surface area contributed by atoms with Crippen molar-refractivity contribution in [3.8, 4) is 0 Å². The minimum absolute atomic E-state index is 0.0525. The van der Waals surface area contributed by atoms with Crippen LogP contribution in [0, 0.1) is 0 Å². The van der Waals surface area contributed by atoms with Crippen molar-refractivity contribution in [2.75, 3.05) is 5.32 Å². The van der Waals surface area contributed by atoms with Gasteiger partial charge in [-0.3, -0.25) is 9.59 Å². The summed E-state index contributed by atoms with van der Waals surface area (Å²) in [6.07, 6.45) is 0. The van der Waals surface area contributed by atoms with Crippen molar-refractivity contribution >= 4 is 38.9 Å². The zero-order valence-electron chi connectivity index (χ0n) is 18.0. The molecule has 2 amide bonds. The molecule has 7 nitrogen and oxygen atoms in total. The molecule has 0 unspecified atom stereocenters. The molecule has 1 aromatic heterocycles. The van der Waals surface area contributed by atoms with Crippen LogP contribution in [0.15, 0.2) is 70.9 Å². The standard InChI is InChI=1S/C23H25N3O4S2/c1-23(2,3)26-32(29,30)20-9-5-4-7-17(20)15-24-21(27)16-10-12-18(13-11-16)25-22(28)19-8-6-14-31-19/h4-14,26H,15H2,1-3H3,(H,24,27)(H,25,28). The Morgan fingerprint density at radius 3 is 2.22 bits per heavy atom. The summed E-state index contributed by atoms with van der Waals surface area (Å²) in [5.74, 6) is -0.559. The van der Waals surface area contributed by atoms with Crippen LogP contribution in [0.3, 0.4) is 0 Å². The molecule has 3 N–H and O–H groups in total. The second kappa shape index (κ2) is 9.64. The van der Waals surface area contributed by atoms with Gasteiger partial charge in [-0.05, 0) is 68.1 Å². The molecular formula is C23H25N3O4S2. The van der Waals surface area contributed by atoms with E-state index in [0.29, 0.717) is 21.7 Å². The van der Waals surface area contributed by atoms with E-state index < -0.39 is 15.6 Å². The van der Waals surface area contributed by atoms with Crippen molar-refractivity contribution < 1.29 is 18.0 Å². The van der Waals surface area contributed by atoms with Gasteiger partial charge in [0.25, 0.3) is 11.8 Å². The van der Waals surface area contributed by atoms with E-state index in [9.17, 15) is 18.0 Å². The van der Waals surface area contributed by atoms with Gasteiger partial charge in [-0.15, -0.1) is 11.3 Å². The van der Waals surface area contributed by atoms with Crippen molar-refractivity contribution in [2.24, 2.45) is 0 Å². The van der Waals surface area contributed by atoms with Gasteiger partial charge in [-0.2, -0.15) is 0 Å². The summed E-state index contributed by atoms with van der Waals surface area (Å²) in [4.78, 5) is 25.4. The summed E-state index contributed by atoms with van der Waals surface area (Å²) in [6, 6.07) is 16.6. The number of amides is 2. The molecule has 0 fully saturated rings. The Labute approximate surface area is 191 Å². The zero-order valence-corrected chi connectivity index (χ0v) is 19.6. The average molecular weight is 472 g/mol. The number of benzene rings is 2. The summed E-state index contributed by atoms with van der Waals surface area (Å²) in [5.41, 5.74) is 0.824. The van der Waals surface area contributed by atoms with Crippen LogP contribution >= 0.6 is 11.3 Å². The lowest BCUT2D eigenvalue weighted by Crippen LogP contribution is -2.41. The number of anilines is 1. The largest absolute Gasteiger partial charge is 0.348 e. The third-order valence-electron chi connectivity index (χ3n) is 4.29. The second-order valence-electron chi connectivity index (χ2n) is 8.15. The maximum absolute atomic E-state index is 12.7. The first kappa shape index (κ1) is 23.6. The number of carbonyl (C=O) groups is 2. The van der Waals surface area contributed by atoms with Crippen LogP contribution in [0.25, 0.3) is 0 Å². The maximum atomic E-state index is 12.7. The molecule has 3 rings (SSSR count). The third kappa shape index (κ3) is 6.25. The quantitative estimate of drug-likeness (QED) is 0.484. The molecule has 0 saturated carbocycles. The van der Waals surface area contributed by atoms with E-state index in [4.69, 9.17) is 0 Å². The Kier molecular flexibility index (Phi) is 7.12. The minimum atomic E-state index is -3.74. The molecule has 0 radical (unpaired) electrons. The van der Waals surface area contributed by atoms with E-state index in [-0.39, 0.29) is 23.3 Å². The number of nitrogens with one attached hydrogen (secondary N) is 3. The smallest absolute Gasteiger partial charge is 0.265 e. The fraction of sp³-hybridized carbons (Fsp3) is 0.217. The number of rotatable bonds is 7. The number of sulfonamides is 1. The van der Waals surface area contributed by atoms with Gasteiger partial charge in [-0.1, -0.05) is 24.3 Å². The van der Waals surface area contributed by atoms with Gasteiger partial charge in [0.1, 0.15) is 0 Å². The van der Waals surface area contributed by atoms with E-state index >= 15 is 0 Å². The third-order valence-corrected chi connectivity index (χ3v) is 7.02. The van der Waals surface area contributed by atoms with Crippen molar-refractivity contribution in [3.05, 3.63) is 82.0 Å². The summed E-state index contributed by atoms with van der Waals surface area (Å²) in [5, 5.41) is 7.36. The van der Waals surface area contributed by atoms with E-state index in [1.54, 1.807) is 75.4 Å². The predicted octanol–water partition coefficient (Wildman–Crippen LogP) is 4.01. The molecule has 168 valence electrons. The fourth-order valence-corrected chi connectivity index (χ4v) is 5.23. The van der Waals surface area contributed by atoms with Crippen LogP contribution in [0.2, 0.25) is 0 Å². The molecule has 0 spiro atoms. The Morgan fingerprint density at radius 2 is 1.59 bits per heavy atom. The van der Waals surface area contributed by atoms with E-state index in [0.717, 1.165) is 0 Å². The first-order valence-electron chi connectivity index (χ1n) is 9.90. The number of hydrogen-bond donors (Lipinski definition) is 3. The van der Waals surface area contributed by atoms with E-state index in [1.807, 2.05) is 5.38 Å². The normalized spacial score (nSPS) is 11.7. The number of carbonyl (C=O) groups excluding carboxylic acids is 2. The lowest BCUT2D eigenvalue weighted by atomic mass is 10.1. The van der Waals surface area contributed by atoms with Crippen LogP contribution in [0.5, 0.6) is 0 Å². The van der Waals surface area contributed by atoms with Gasteiger partial charge in [0, 0.05) is 23.3 Å². The predicted molar refractivity (Wildman–Crippen MR) is 126 cm³/mol. The highest BCUT2D eigenvalue weighted by Crippen LogP contribution is 2.18. The highest BCUT2D eigenvalue weighted by Gasteiger charge is 2.24. The SMILES string of the molecule is CC(C)(C)NS(=O)(=O)c1ccccc1CNC(=O)c1ccc(NC(=O)c2cccs2)cc1. The first-order chi connectivity index (χ1) is 15.0. The van der Waals surface area contributed by atoms with Gasteiger partial charge in [-0.25, -0.2) is 13.1 Å². The molecule has 1 heterocycles. The van der Waals surface area contributed by atoms with Crippen LogP contribution in [-0.4, -0.2) is 25.8 Å². The van der Waals surface area contributed by atoms with Crippen LogP contribution in [0.4, 0.5) is 5.69 Å². The second-order valence-corrected chi connectivity index (χ2v) is 10.8. The average Bonchev–Trinajstić information content (AvgIpc) is 3.26. The molecule has 0 aliphatic carbocycles. The van der Waals surface area contributed by atoms with Crippen LogP contribution in [0.1, 0.15) is 46.4 Å². The van der Waals surface area contributed by atoms with Crippen molar-refractivity contribution in [1.29, 1.82) is 0 Å². The van der Waals surface area contributed by atoms with E-state index in [1.165, 1.54) is 17.4 Å². The lowest BCUT2D eigenvalue weighted by molar-refractivity contribution is 0.0950. The topological polar surface area (TPSA) is 104 Å².